The maximum atomic E-state index is 11.2. The lowest BCUT2D eigenvalue weighted by molar-refractivity contribution is -0.138. The van der Waals surface area contributed by atoms with Crippen molar-refractivity contribution in [3.63, 3.8) is 0 Å². The second kappa shape index (κ2) is 6.23. The summed E-state index contributed by atoms with van der Waals surface area (Å²) < 4.78 is 0. The van der Waals surface area contributed by atoms with Gasteiger partial charge in [-0.15, -0.1) is 0 Å². The summed E-state index contributed by atoms with van der Waals surface area (Å²) in [6.45, 7) is 3.97. The molecular weight excluding hydrogens is 198 g/mol. The number of nitrogens with one attached hydrogen (secondary N) is 2. The predicted octanol–water partition coefficient (Wildman–Crippen LogP) is -0.291. The van der Waals surface area contributed by atoms with Gasteiger partial charge in [0.1, 0.15) is 6.04 Å². The van der Waals surface area contributed by atoms with Gasteiger partial charge in [0.15, 0.2) is 0 Å². The van der Waals surface area contributed by atoms with E-state index in [1.165, 1.54) is 6.92 Å². The monoisotopic (exact) mass is 217 g/mol. The number of hydrogen-bond acceptors (Lipinski definition) is 3. The van der Waals surface area contributed by atoms with E-state index in [1.807, 2.05) is 25.9 Å². The average molecular weight is 217 g/mol. The SMILES string of the molecule is CC(CN(C)C)NC(=O)N[C@H](C)C(=O)O. The van der Waals surface area contributed by atoms with Crippen LogP contribution < -0.4 is 10.6 Å². The van der Waals surface area contributed by atoms with Crippen LogP contribution >= 0.6 is 0 Å². The lowest BCUT2D eigenvalue weighted by Crippen LogP contribution is -2.49. The second-order valence-corrected chi connectivity index (χ2v) is 3.84. The van der Waals surface area contributed by atoms with E-state index in [2.05, 4.69) is 10.6 Å². The van der Waals surface area contributed by atoms with E-state index in [0.717, 1.165) is 0 Å². The van der Waals surface area contributed by atoms with Crippen molar-refractivity contribution in [3.8, 4) is 0 Å². The topological polar surface area (TPSA) is 81.7 Å². The molecule has 0 saturated carbocycles. The zero-order valence-corrected chi connectivity index (χ0v) is 9.57. The molecule has 2 atom stereocenters. The fourth-order valence-corrected chi connectivity index (χ4v) is 1.12. The van der Waals surface area contributed by atoms with Crippen LogP contribution in [0.5, 0.6) is 0 Å². The molecule has 88 valence electrons. The van der Waals surface area contributed by atoms with Crippen molar-refractivity contribution in [1.29, 1.82) is 0 Å². The van der Waals surface area contributed by atoms with Crippen LogP contribution in [0.1, 0.15) is 13.8 Å². The summed E-state index contributed by atoms with van der Waals surface area (Å²) in [6, 6.07) is -1.36. The van der Waals surface area contributed by atoms with Gasteiger partial charge in [-0.25, -0.2) is 4.79 Å². The van der Waals surface area contributed by atoms with E-state index in [1.54, 1.807) is 0 Å². The van der Waals surface area contributed by atoms with Gasteiger partial charge in [-0.2, -0.15) is 0 Å². The maximum Gasteiger partial charge on any atom is 0.325 e. The van der Waals surface area contributed by atoms with Crippen molar-refractivity contribution in [3.05, 3.63) is 0 Å². The number of carboxylic acid groups (broad SMARTS) is 1. The number of nitrogens with zero attached hydrogens (tertiary/aromatic N) is 1. The van der Waals surface area contributed by atoms with Crippen molar-refractivity contribution in [2.75, 3.05) is 20.6 Å². The van der Waals surface area contributed by atoms with Crippen LogP contribution in [-0.2, 0) is 4.79 Å². The summed E-state index contributed by atoms with van der Waals surface area (Å²) in [5.74, 6) is -1.05. The highest BCUT2D eigenvalue weighted by Crippen LogP contribution is 1.86. The van der Waals surface area contributed by atoms with Crippen LogP contribution in [0.25, 0.3) is 0 Å². The van der Waals surface area contributed by atoms with E-state index in [-0.39, 0.29) is 6.04 Å². The number of carbonyl (C=O) groups is 2. The summed E-state index contributed by atoms with van der Waals surface area (Å²) in [6.07, 6.45) is 0. The summed E-state index contributed by atoms with van der Waals surface area (Å²) >= 11 is 0. The first-order valence-corrected chi connectivity index (χ1v) is 4.77. The molecule has 0 radical (unpaired) electrons. The van der Waals surface area contributed by atoms with Crippen LogP contribution in [0.15, 0.2) is 0 Å². The molecule has 0 fully saturated rings. The number of urea groups is 1. The van der Waals surface area contributed by atoms with Crippen LogP contribution in [0.4, 0.5) is 4.79 Å². The van der Waals surface area contributed by atoms with Crippen molar-refractivity contribution >= 4 is 12.0 Å². The van der Waals surface area contributed by atoms with E-state index < -0.39 is 18.0 Å². The minimum absolute atomic E-state index is 0.0269. The molecule has 0 aromatic heterocycles. The third-order valence-corrected chi connectivity index (χ3v) is 1.73. The first-order valence-electron chi connectivity index (χ1n) is 4.77. The van der Waals surface area contributed by atoms with E-state index >= 15 is 0 Å². The molecule has 2 amide bonds. The van der Waals surface area contributed by atoms with Gasteiger partial charge < -0.3 is 20.6 Å². The standard InChI is InChI=1S/C9H19N3O3/c1-6(5-12(3)4)10-9(15)11-7(2)8(13)14/h6-7H,5H2,1-4H3,(H,13,14)(H2,10,11,15)/t6?,7-/m1/s1. The molecule has 0 aliphatic heterocycles. The third-order valence-electron chi connectivity index (χ3n) is 1.73. The Labute approximate surface area is 89.6 Å². The number of rotatable bonds is 5. The maximum absolute atomic E-state index is 11.2. The summed E-state index contributed by atoms with van der Waals surface area (Å²) in [5, 5.41) is 13.5. The van der Waals surface area contributed by atoms with Gasteiger partial charge in [-0.1, -0.05) is 0 Å². The fraction of sp³-hybridized carbons (Fsp3) is 0.778. The van der Waals surface area contributed by atoms with E-state index in [4.69, 9.17) is 5.11 Å². The van der Waals surface area contributed by atoms with Crippen molar-refractivity contribution in [2.24, 2.45) is 0 Å². The normalized spacial score (nSPS) is 14.5. The number of hydrogen-bond donors (Lipinski definition) is 3. The summed E-state index contributed by atoms with van der Waals surface area (Å²) in [7, 11) is 3.80. The van der Waals surface area contributed by atoms with Gasteiger partial charge in [0.05, 0.1) is 0 Å². The minimum atomic E-state index is -1.05. The fourth-order valence-electron chi connectivity index (χ4n) is 1.12. The number of carboxylic acids is 1. The highest BCUT2D eigenvalue weighted by molar-refractivity contribution is 5.82. The molecule has 0 aromatic carbocycles. The Morgan fingerprint density at radius 1 is 1.27 bits per heavy atom. The van der Waals surface area contributed by atoms with Crippen LogP contribution in [0.2, 0.25) is 0 Å². The van der Waals surface area contributed by atoms with Crippen LogP contribution in [-0.4, -0.2) is 54.7 Å². The van der Waals surface area contributed by atoms with Gasteiger partial charge in [0.25, 0.3) is 0 Å². The third kappa shape index (κ3) is 6.73. The zero-order chi connectivity index (χ0) is 12.0. The Morgan fingerprint density at radius 2 is 1.80 bits per heavy atom. The van der Waals surface area contributed by atoms with Gasteiger partial charge in [-0.3, -0.25) is 4.79 Å². The Hall–Kier alpha value is -1.30. The summed E-state index contributed by atoms with van der Waals surface area (Å²) in [4.78, 5) is 23.6. The first-order chi connectivity index (χ1) is 6.82. The lowest BCUT2D eigenvalue weighted by atomic mass is 10.3. The van der Waals surface area contributed by atoms with Gasteiger partial charge >= 0.3 is 12.0 Å². The first kappa shape index (κ1) is 13.7. The molecule has 0 heterocycles. The molecule has 0 bridgehead atoms. The van der Waals surface area contributed by atoms with Gasteiger partial charge in [0.2, 0.25) is 0 Å². The molecule has 0 saturated heterocycles. The van der Waals surface area contributed by atoms with Crippen molar-refractivity contribution in [2.45, 2.75) is 25.9 Å². The molecule has 3 N–H and O–H groups in total. The molecule has 0 rings (SSSR count). The van der Waals surface area contributed by atoms with Crippen molar-refractivity contribution < 1.29 is 14.7 Å². The van der Waals surface area contributed by atoms with E-state index in [0.29, 0.717) is 6.54 Å². The molecule has 6 nitrogen and oxygen atoms in total. The lowest BCUT2D eigenvalue weighted by Gasteiger charge is -2.19. The Morgan fingerprint density at radius 3 is 2.20 bits per heavy atom. The second-order valence-electron chi connectivity index (χ2n) is 3.84. The number of amides is 2. The molecule has 0 aliphatic rings. The Balaban J connectivity index is 3.88. The summed E-state index contributed by atoms with van der Waals surface area (Å²) in [5.41, 5.74) is 0. The molecule has 0 aliphatic carbocycles. The molecular formula is C9H19N3O3. The largest absolute Gasteiger partial charge is 0.480 e. The Kier molecular flexibility index (Phi) is 5.69. The van der Waals surface area contributed by atoms with Gasteiger partial charge in [0, 0.05) is 12.6 Å². The molecule has 6 heteroatoms. The predicted molar refractivity (Wildman–Crippen MR) is 56.8 cm³/mol. The Bertz CT molecular complexity index is 231. The molecule has 0 spiro atoms. The minimum Gasteiger partial charge on any atom is -0.480 e. The highest BCUT2D eigenvalue weighted by Gasteiger charge is 2.15. The van der Waals surface area contributed by atoms with Crippen molar-refractivity contribution in [1.82, 2.24) is 15.5 Å². The molecule has 15 heavy (non-hydrogen) atoms. The van der Waals surface area contributed by atoms with E-state index in [9.17, 15) is 9.59 Å². The smallest absolute Gasteiger partial charge is 0.325 e. The number of carbonyl (C=O) groups excluding carboxylic acids is 1. The van der Waals surface area contributed by atoms with Crippen LogP contribution in [0.3, 0.4) is 0 Å². The zero-order valence-electron chi connectivity index (χ0n) is 9.57. The van der Waals surface area contributed by atoms with Crippen LogP contribution in [0, 0.1) is 0 Å². The molecule has 1 unspecified atom stereocenters. The average Bonchev–Trinajstić information content (AvgIpc) is 2.00. The number of aliphatic carboxylic acids is 1. The molecule has 0 aromatic rings. The van der Waals surface area contributed by atoms with Gasteiger partial charge in [-0.05, 0) is 27.9 Å². The highest BCUT2D eigenvalue weighted by atomic mass is 16.4. The number of likely N-dealkylation sites (N-methyl/N-ethyl adjacent to an activating group) is 1. The quantitative estimate of drug-likeness (QED) is 0.591.